The summed E-state index contributed by atoms with van der Waals surface area (Å²) in [4.78, 5) is 28.1. The largest absolute Gasteiger partial charge is 0.530 e. The van der Waals surface area contributed by atoms with Crippen molar-refractivity contribution in [2.45, 2.75) is 6.54 Å². The highest BCUT2D eigenvalue weighted by molar-refractivity contribution is 6.30. The van der Waals surface area contributed by atoms with Crippen LogP contribution in [0.1, 0.15) is 5.56 Å². The van der Waals surface area contributed by atoms with Gasteiger partial charge in [-0.2, -0.15) is 0 Å². The van der Waals surface area contributed by atoms with E-state index in [1.165, 1.54) is 12.4 Å². The first-order valence-corrected chi connectivity index (χ1v) is 5.72. The topological polar surface area (TPSA) is 97.9 Å². The first kappa shape index (κ1) is 13.1. The molecule has 19 heavy (non-hydrogen) atoms. The molecule has 0 unspecified atom stereocenters. The lowest BCUT2D eigenvalue weighted by atomic mass is 10.0. The summed E-state index contributed by atoms with van der Waals surface area (Å²) in [5.74, 6) is 0. The lowest BCUT2D eigenvalue weighted by molar-refractivity contribution is -0.251. The Kier molecular flexibility index (Phi) is 3.82. The average Bonchev–Trinajstić information content (AvgIpc) is 2.37. The van der Waals surface area contributed by atoms with E-state index in [9.17, 15) is 14.7 Å². The molecule has 6 nitrogen and oxygen atoms in total. The van der Waals surface area contributed by atoms with Gasteiger partial charge in [0.05, 0.1) is 12.0 Å². The molecule has 1 aromatic carbocycles. The van der Waals surface area contributed by atoms with Crippen molar-refractivity contribution in [3.63, 3.8) is 0 Å². The van der Waals surface area contributed by atoms with Gasteiger partial charge in [0, 0.05) is 23.2 Å². The number of nitrogens with one attached hydrogen (secondary N) is 2. The fraction of sp³-hybridized carbons (Fsp3) is 0.0833. The predicted molar refractivity (Wildman–Crippen MR) is 67.5 cm³/mol. The number of nitrogens with zero attached hydrogens (tertiary/aromatic N) is 1. The summed E-state index contributed by atoms with van der Waals surface area (Å²) in [6.45, 7) is 0.0450. The molecule has 0 aliphatic carbocycles. The van der Waals surface area contributed by atoms with Crippen molar-refractivity contribution >= 4 is 17.7 Å². The Labute approximate surface area is 113 Å². The number of carbonyl (C=O) groups is 1. The Morgan fingerprint density at radius 2 is 2.21 bits per heavy atom. The first-order valence-electron chi connectivity index (χ1n) is 5.34. The van der Waals surface area contributed by atoms with E-state index in [1.807, 2.05) is 0 Å². The molecule has 0 saturated carbocycles. The van der Waals surface area contributed by atoms with Gasteiger partial charge < -0.3 is 20.2 Å². The molecule has 0 aliphatic heterocycles. The van der Waals surface area contributed by atoms with Crippen LogP contribution >= 0.6 is 11.6 Å². The molecule has 0 atom stereocenters. The van der Waals surface area contributed by atoms with E-state index >= 15 is 0 Å². The molecule has 0 fully saturated rings. The van der Waals surface area contributed by atoms with E-state index in [0.29, 0.717) is 21.8 Å². The zero-order chi connectivity index (χ0) is 13.8. The maximum absolute atomic E-state index is 11.3. The number of carboxylic acid groups (broad SMARTS) is 1. The molecular weight excluding hydrogens is 270 g/mol. The van der Waals surface area contributed by atoms with Gasteiger partial charge in [-0.15, -0.1) is 0 Å². The van der Waals surface area contributed by atoms with Crippen LogP contribution in [0, 0.1) is 0 Å². The highest BCUT2D eigenvalue weighted by atomic mass is 35.5. The molecule has 1 amide bonds. The molecule has 2 rings (SSSR count). The van der Waals surface area contributed by atoms with Crippen molar-refractivity contribution in [2.75, 3.05) is 0 Å². The lowest BCUT2D eigenvalue weighted by Gasteiger charge is -2.11. The van der Waals surface area contributed by atoms with E-state index in [-0.39, 0.29) is 12.1 Å². The number of carbonyl (C=O) groups excluding carboxylic acids is 1. The third-order valence-electron chi connectivity index (χ3n) is 2.45. The Morgan fingerprint density at radius 3 is 2.89 bits per heavy atom. The summed E-state index contributed by atoms with van der Waals surface area (Å²) in [6, 6.07) is 6.23. The quantitative estimate of drug-likeness (QED) is 0.855. The van der Waals surface area contributed by atoms with Crippen LogP contribution in [0.4, 0.5) is 4.79 Å². The number of hydrogen-bond acceptors (Lipinski definition) is 4. The minimum atomic E-state index is -1.38. The van der Waals surface area contributed by atoms with Gasteiger partial charge in [0.25, 0.3) is 5.56 Å². The van der Waals surface area contributed by atoms with Gasteiger partial charge in [-0.3, -0.25) is 4.79 Å². The predicted octanol–water partition coefficient (Wildman–Crippen LogP) is 0.523. The molecule has 0 saturated heterocycles. The highest BCUT2D eigenvalue weighted by Crippen LogP contribution is 2.24. The number of halogens is 1. The van der Waals surface area contributed by atoms with E-state index < -0.39 is 6.09 Å². The van der Waals surface area contributed by atoms with Crippen LogP contribution in [0.25, 0.3) is 11.3 Å². The number of hydrogen-bond donors (Lipinski definition) is 2. The molecule has 0 spiro atoms. The Balaban J connectivity index is 2.45. The van der Waals surface area contributed by atoms with E-state index in [0.717, 1.165) is 0 Å². The molecule has 1 aromatic heterocycles. The summed E-state index contributed by atoms with van der Waals surface area (Å²) in [6.07, 6.45) is -0.103. The summed E-state index contributed by atoms with van der Waals surface area (Å²) >= 11 is 5.91. The van der Waals surface area contributed by atoms with Gasteiger partial charge >= 0.3 is 0 Å². The molecule has 0 aliphatic rings. The number of aromatic amines is 1. The first-order chi connectivity index (χ1) is 9.06. The van der Waals surface area contributed by atoms with Gasteiger partial charge in [0.1, 0.15) is 6.09 Å². The second-order valence-electron chi connectivity index (χ2n) is 3.74. The minimum absolute atomic E-state index is 0.0450. The smallest absolute Gasteiger partial charge is 0.251 e. The maximum Gasteiger partial charge on any atom is 0.251 e. The molecule has 0 bridgehead atoms. The summed E-state index contributed by atoms with van der Waals surface area (Å²) in [5, 5.41) is 13.0. The van der Waals surface area contributed by atoms with Crippen molar-refractivity contribution in [1.82, 2.24) is 15.3 Å². The van der Waals surface area contributed by atoms with Crippen LogP contribution in [0.15, 0.2) is 35.4 Å². The van der Waals surface area contributed by atoms with Crippen molar-refractivity contribution < 1.29 is 9.90 Å². The highest BCUT2D eigenvalue weighted by Gasteiger charge is 2.08. The van der Waals surface area contributed by atoms with E-state index in [1.54, 1.807) is 18.2 Å². The SMILES string of the molecule is O=C([O-])NCc1ccc(Cl)cc1-c1cc(=O)[nH]cn1. The Bertz CT molecular complexity index is 669. The summed E-state index contributed by atoms with van der Waals surface area (Å²) in [7, 11) is 0. The molecule has 0 radical (unpaired) electrons. The van der Waals surface area contributed by atoms with Crippen LogP contribution in [0.3, 0.4) is 0 Å². The third kappa shape index (κ3) is 3.32. The minimum Gasteiger partial charge on any atom is -0.530 e. The third-order valence-corrected chi connectivity index (χ3v) is 2.68. The Hall–Kier alpha value is -2.34. The van der Waals surface area contributed by atoms with Crippen molar-refractivity contribution in [3.8, 4) is 11.3 Å². The second kappa shape index (κ2) is 5.53. The van der Waals surface area contributed by atoms with Gasteiger partial charge in [-0.25, -0.2) is 4.98 Å². The standard InChI is InChI=1S/C12H10ClN3O3/c13-8-2-1-7(5-14-12(18)19)9(3-8)10-4-11(17)16-6-15-10/h1-4,6,14H,5H2,(H,18,19)(H,15,16,17)/p-1. The maximum atomic E-state index is 11.3. The summed E-state index contributed by atoms with van der Waals surface area (Å²) < 4.78 is 0. The second-order valence-corrected chi connectivity index (χ2v) is 4.18. The molecule has 98 valence electrons. The van der Waals surface area contributed by atoms with Gasteiger partial charge in [-0.1, -0.05) is 17.7 Å². The van der Waals surface area contributed by atoms with Gasteiger partial charge in [-0.05, 0) is 17.7 Å². The normalized spacial score (nSPS) is 10.2. The van der Waals surface area contributed by atoms with Crippen LogP contribution in [0.2, 0.25) is 5.02 Å². The zero-order valence-corrected chi connectivity index (χ0v) is 10.4. The number of rotatable bonds is 3. The number of benzene rings is 1. The fourth-order valence-corrected chi connectivity index (χ4v) is 1.80. The number of H-pyrrole nitrogens is 1. The van der Waals surface area contributed by atoms with Crippen molar-refractivity contribution in [3.05, 3.63) is 51.5 Å². The molecule has 2 aromatic rings. The molecule has 7 heteroatoms. The molecule has 1 heterocycles. The van der Waals surface area contributed by atoms with Gasteiger partial charge in [0.2, 0.25) is 0 Å². The monoisotopic (exact) mass is 278 g/mol. The lowest BCUT2D eigenvalue weighted by Crippen LogP contribution is -2.35. The molecular formula is C12H9ClN3O3-. The fourth-order valence-electron chi connectivity index (χ4n) is 1.62. The van der Waals surface area contributed by atoms with Gasteiger partial charge in [0.15, 0.2) is 0 Å². The van der Waals surface area contributed by atoms with E-state index in [2.05, 4.69) is 15.3 Å². The average molecular weight is 279 g/mol. The van der Waals surface area contributed by atoms with Crippen LogP contribution in [-0.4, -0.2) is 16.1 Å². The van der Waals surface area contributed by atoms with Crippen LogP contribution in [0.5, 0.6) is 0 Å². The van der Waals surface area contributed by atoms with Crippen molar-refractivity contribution in [2.24, 2.45) is 0 Å². The van der Waals surface area contributed by atoms with Crippen LogP contribution < -0.4 is 16.0 Å². The number of aromatic nitrogens is 2. The van der Waals surface area contributed by atoms with E-state index in [4.69, 9.17) is 11.6 Å². The zero-order valence-electron chi connectivity index (χ0n) is 9.64. The number of amides is 1. The Morgan fingerprint density at radius 1 is 1.42 bits per heavy atom. The van der Waals surface area contributed by atoms with Crippen LogP contribution in [-0.2, 0) is 6.54 Å². The van der Waals surface area contributed by atoms with Crippen molar-refractivity contribution in [1.29, 1.82) is 0 Å². The summed E-state index contributed by atoms with van der Waals surface area (Å²) in [5.41, 5.74) is 1.35. The molecule has 2 N–H and O–H groups in total.